The van der Waals surface area contributed by atoms with E-state index >= 15 is 0 Å². The third-order valence-corrected chi connectivity index (χ3v) is 8.49. The van der Waals surface area contributed by atoms with Crippen LogP contribution < -0.4 is 10.1 Å². The number of pyridine rings is 1. The van der Waals surface area contributed by atoms with Crippen molar-refractivity contribution in [1.82, 2.24) is 19.9 Å². The lowest BCUT2D eigenvalue weighted by atomic mass is 10.0. The summed E-state index contributed by atoms with van der Waals surface area (Å²) in [7, 11) is 0. The van der Waals surface area contributed by atoms with Crippen LogP contribution in [0.25, 0.3) is 22.3 Å². The van der Waals surface area contributed by atoms with Crippen LogP contribution in [0.15, 0.2) is 121 Å². The van der Waals surface area contributed by atoms with E-state index in [0.717, 1.165) is 51.4 Å². The molecule has 7 heteroatoms. The minimum atomic E-state index is -0.0130. The zero-order valence-corrected chi connectivity index (χ0v) is 25.8. The molecular weight excluding hydrogens is 570 g/mol. The van der Waals surface area contributed by atoms with Crippen LogP contribution in [0.5, 0.6) is 5.75 Å². The highest BCUT2D eigenvalue weighted by molar-refractivity contribution is 5.94. The number of aromatic nitrogens is 3. The first-order chi connectivity index (χ1) is 22.6. The average molecular weight is 606 g/mol. The highest BCUT2D eigenvalue weighted by Crippen LogP contribution is 2.30. The van der Waals surface area contributed by atoms with Crippen molar-refractivity contribution in [1.29, 1.82) is 0 Å². The number of para-hydroxylation sites is 2. The second-order valence-corrected chi connectivity index (χ2v) is 11.7. The molecule has 0 unspecified atom stereocenters. The first-order valence-corrected chi connectivity index (χ1v) is 15.7. The summed E-state index contributed by atoms with van der Waals surface area (Å²) in [5, 5.41) is 4.67. The summed E-state index contributed by atoms with van der Waals surface area (Å²) >= 11 is 0. The zero-order valence-electron chi connectivity index (χ0n) is 25.8. The molecule has 0 aliphatic carbocycles. The molecule has 3 heterocycles. The number of carbonyl (C=O) groups excluding carboxylic acids is 1. The van der Waals surface area contributed by atoms with Crippen molar-refractivity contribution >= 4 is 22.6 Å². The molecular formula is C39H35N5O2. The maximum Gasteiger partial charge on any atom is 0.254 e. The Kier molecular flexibility index (Phi) is 8.37. The number of benzene rings is 4. The number of ether oxygens (including phenoxy) is 1. The highest BCUT2D eigenvalue weighted by atomic mass is 16.5. The van der Waals surface area contributed by atoms with Gasteiger partial charge in [-0.05, 0) is 59.9 Å². The van der Waals surface area contributed by atoms with Gasteiger partial charge in [0, 0.05) is 41.4 Å². The van der Waals surface area contributed by atoms with E-state index in [1.807, 2.05) is 96.0 Å². The Morgan fingerprint density at radius 2 is 1.63 bits per heavy atom. The van der Waals surface area contributed by atoms with Crippen LogP contribution in [0.4, 0.5) is 5.82 Å². The summed E-state index contributed by atoms with van der Waals surface area (Å²) in [6.07, 6.45) is 2.50. The number of fused-ring (bicyclic) bond motifs is 2. The summed E-state index contributed by atoms with van der Waals surface area (Å²) in [5.74, 6) is 2.52. The van der Waals surface area contributed by atoms with Crippen LogP contribution in [-0.4, -0.2) is 38.8 Å². The van der Waals surface area contributed by atoms with Crippen molar-refractivity contribution in [3.05, 3.63) is 149 Å². The van der Waals surface area contributed by atoms with E-state index in [1.54, 1.807) is 0 Å². The van der Waals surface area contributed by atoms with Gasteiger partial charge in [0.2, 0.25) is 0 Å². The first-order valence-electron chi connectivity index (χ1n) is 15.7. The van der Waals surface area contributed by atoms with Gasteiger partial charge in [-0.3, -0.25) is 9.78 Å². The Morgan fingerprint density at radius 3 is 2.43 bits per heavy atom. The maximum atomic E-state index is 13.7. The van der Waals surface area contributed by atoms with Crippen LogP contribution in [0.2, 0.25) is 0 Å². The molecule has 1 aliphatic heterocycles. The van der Waals surface area contributed by atoms with Gasteiger partial charge < -0.3 is 15.0 Å². The Morgan fingerprint density at radius 1 is 0.891 bits per heavy atom. The van der Waals surface area contributed by atoms with E-state index in [1.165, 1.54) is 5.56 Å². The number of hydrogen-bond acceptors (Lipinski definition) is 6. The first kappa shape index (κ1) is 29.2. The van der Waals surface area contributed by atoms with Crippen molar-refractivity contribution in [3.63, 3.8) is 0 Å². The van der Waals surface area contributed by atoms with Gasteiger partial charge in [0.1, 0.15) is 18.2 Å². The van der Waals surface area contributed by atoms with Crippen molar-refractivity contribution < 1.29 is 9.53 Å². The molecule has 1 atom stereocenters. The molecule has 0 spiro atoms. The maximum absolute atomic E-state index is 13.7. The molecule has 0 saturated carbocycles. The highest BCUT2D eigenvalue weighted by Gasteiger charge is 2.27. The van der Waals surface area contributed by atoms with Gasteiger partial charge in [-0.15, -0.1) is 0 Å². The summed E-state index contributed by atoms with van der Waals surface area (Å²) in [6, 6.07) is 38.0. The molecule has 2 aromatic heterocycles. The SMILES string of the molecule is C[C@@H](CNc1nc(-c2cnc3ccccc3c2)nc2c1CCN(C(=O)c1ccc(COc3ccccc3)cc1)C2)c1ccccc1. The molecule has 1 amide bonds. The average Bonchev–Trinajstić information content (AvgIpc) is 3.13. The van der Waals surface area contributed by atoms with Gasteiger partial charge in [-0.25, -0.2) is 9.97 Å². The van der Waals surface area contributed by atoms with E-state index in [4.69, 9.17) is 14.7 Å². The lowest BCUT2D eigenvalue weighted by Crippen LogP contribution is -2.37. The fraction of sp³-hybridized carbons (Fsp3) is 0.179. The monoisotopic (exact) mass is 605 g/mol. The van der Waals surface area contributed by atoms with Gasteiger partial charge in [0.25, 0.3) is 5.91 Å². The van der Waals surface area contributed by atoms with Gasteiger partial charge in [-0.2, -0.15) is 0 Å². The fourth-order valence-corrected chi connectivity index (χ4v) is 5.83. The lowest BCUT2D eigenvalue weighted by Gasteiger charge is -2.30. The Balaban J connectivity index is 1.13. The molecule has 1 aliphatic rings. The number of amides is 1. The van der Waals surface area contributed by atoms with E-state index in [0.29, 0.717) is 43.4 Å². The van der Waals surface area contributed by atoms with Crippen molar-refractivity contribution in [2.45, 2.75) is 32.4 Å². The second kappa shape index (κ2) is 13.2. The molecule has 46 heavy (non-hydrogen) atoms. The standard InChI is InChI=1S/C39H35N5O2/c1-27(29-10-4-2-5-11-29)23-41-38-34-20-21-44(39(45)30-18-16-28(17-19-30)26-46-33-13-6-3-7-14-33)25-36(34)42-37(43-38)32-22-31-12-8-9-15-35(31)40-24-32/h2-19,22,24,27H,20-21,23,25-26H2,1H3,(H,41,42,43)/t27-/m0/s1. The van der Waals surface area contributed by atoms with E-state index < -0.39 is 0 Å². The van der Waals surface area contributed by atoms with Crippen LogP contribution in [0.1, 0.15) is 45.6 Å². The smallest absolute Gasteiger partial charge is 0.254 e. The molecule has 0 fully saturated rings. The zero-order chi connectivity index (χ0) is 31.3. The summed E-state index contributed by atoms with van der Waals surface area (Å²) in [4.78, 5) is 30.3. The normalized spacial score (nSPS) is 13.2. The van der Waals surface area contributed by atoms with Crippen LogP contribution in [0, 0.1) is 0 Å². The Labute approximate surface area is 268 Å². The Bertz CT molecular complexity index is 1960. The minimum Gasteiger partial charge on any atom is -0.489 e. The molecule has 0 bridgehead atoms. The van der Waals surface area contributed by atoms with Gasteiger partial charge >= 0.3 is 0 Å². The summed E-state index contributed by atoms with van der Waals surface area (Å²) in [6.45, 7) is 4.38. The predicted molar refractivity (Wildman–Crippen MR) is 182 cm³/mol. The summed E-state index contributed by atoms with van der Waals surface area (Å²) < 4.78 is 5.87. The molecule has 6 aromatic rings. The van der Waals surface area contributed by atoms with Crippen LogP contribution >= 0.6 is 0 Å². The number of hydrogen-bond donors (Lipinski definition) is 1. The number of rotatable bonds is 9. The number of nitrogens with zero attached hydrogens (tertiary/aromatic N) is 4. The summed E-state index contributed by atoms with van der Waals surface area (Å²) in [5.41, 5.74) is 6.62. The largest absolute Gasteiger partial charge is 0.489 e. The molecule has 7 rings (SSSR count). The molecule has 228 valence electrons. The molecule has 1 N–H and O–H groups in total. The van der Waals surface area contributed by atoms with E-state index in [-0.39, 0.29) is 5.91 Å². The van der Waals surface area contributed by atoms with E-state index in [2.05, 4.69) is 47.6 Å². The minimum absolute atomic E-state index is 0.0130. The quantitative estimate of drug-likeness (QED) is 0.182. The third kappa shape index (κ3) is 6.44. The topological polar surface area (TPSA) is 80.2 Å². The fourth-order valence-electron chi connectivity index (χ4n) is 5.83. The third-order valence-electron chi connectivity index (χ3n) is 8.49. The van der Waals surface area contributed by atoms with Crippen molar-refractivity contribution in [3.8, 4) is 17.1 Å². The lowest BCUT2D eigenvalue weighted by molar-refractivity contribution is 0.0732. The van der Waals surface area contributed by atoms with Crippen molar-refractivity contribution in [2.24, 2.45) is 0 Å². The van der Waals surface area contributed by atoms with Crippen molar-refractivity contribution in [2.75, 3.05) is 18.4 Å². The van der Waals surface area contributed by atoms with Crippen LogP contribution in [0.3, 0.4) is 0 Å². The predicted octanol–water partition coefficient (Wildman–Crippen LogP) is 7.68. The number of anilines is 1. The molecule has 0 radical (unpaired) electrons. The molecule has 7 nitrogen and oxygen atoms in total. The van der Waals surface area contributed by atoms with E-state index in [9.17, 15) is 4.79 Å². The molecule has 4 aromatic carbocycles. The molecule has 0 saturated heterocycles. The Hall–Kier alpha value is -5.56. The van der Waals surface area contributed by atoms with Gasteiger partial charge in [0.05, 0.1) is 17.8 Å². The second-order valence-electron chi connectivity index (χ2n) is 11.7. The van der Waals surface area contributed by atoms with Crippen LogP contribution in [-0.2, 0) is 19.6 Å². The van der Waals surface area contributed by atoms with Gasteiger partial charge in [-0.1, -0.05) is 85.8 Å². The van der Waals surface area contributed by atoms with Gasteiger partial charge in [0.15, 0.2) is 5.82 Å². The number of nitrogens with one attached hydrogen (secondary N) is 1. The number of carbonyl (C=O) groups is 1.